The molecule has 78 valence electrons. The first-order chi connectivity index (χ1) is 7.84. The number of rotatable bonds is 1. The van der Waals surface area contributed by atoms with Crippen LogP contribution >= 0.6 is 11.3 Å². The Kier molecular flexibility index (Phi) is 2.08. The van der Waals surface area contributed by atoms with Gasteiger partial charge in [0.2, 0.25) is 0 Å². The molecule has 0 saturated carbocycles. The van der Waals surface area contributed by atoms with Crippen LogP contribution in [0.3, 0.4) is 0 Å². The smallest absolute Gasteiger partial charge is 0.151 e. The Balaban J connectivity index is 2.30. The van der Waals surface area contributed by atoms with Crippen molar-refractivity contribution in [2.24, 2.45) is 0 Å². The Morgan fingerprint density at radius 1 is 0.938 bits per heavy atom. The van der Waals surface area contributed by atoms with Gasteiger partial charge in [-0.15, -0.1) is 11.3 Å². The van der Waals surface area contributed by atoms with Gasteiger partial charge in [0.15, 0.2) is 5.82 Å². The number of hydrogen-bond donors (Lipinski definition) is 1. The van der Waals surface area contributed by atoms with Crippen molar-refractivity contribution >= 4 is 28.2 Å². The van der Waals surface area contributed by atoms with Gasteiger partial charge >= 0.3 is 0 Å². The van der Waals surface area contributed by atoms with Crippen molar-refractivity contribution in [1.82, 2.24) is 9.97 Å². The van der Waals surface area contributed by atoms with Crippen LogP contribution in [0.5, 0.6) is 0 Å². The molecule has 0 spiro atoms. The number of anilines is 1. The van der Waals surface area contributed by atoms with E-state index in [1.54, 1.807) is 11.3 Å². The highest BCUT2D eigenvalue weighted by Gasteiger charge is 2.08. The SMILES string of the molecule is Nc1nc2ccccc2nc1-c1cccs1. The molecule has 0 aliphatic rings. The van der Waals surface area contributed by atoms with Gasteiger partial charge in [-0.1, -0.05) is 18.2 Å². The van der Waals surface area contributed by atoms with Crippen LogP contribution in [0, 0.1) is 0 Å². The summed E-state index contributed by atoms with van der Waals surface area (Å²) < 4.78 is 0. The van der Waals surface area contributed by atoms with Gasteiger partial charge in [-0.05, 0) is 23.6 Å². The molecule has 0 aliphatic heterocycles. The number of hydrogen-bond acceptors (Lipinski definition) is 4. The van der Waals surface area contributed by atoms with Gasteiger partial charge in [0, 0.05) is 0 Å². The molecule has 0 unspecified atom stereocenters. The van der Waals surface area contributed by atoms with E-state index in [0.29, 0.717) is 5.82 Å². The molecular weight excluding hydrogens is 218 g/mol. The van der Waals surface area contributed by atoms with Crippen molar-refractivity contribution < 1.29 is 0 Å². The zero-order chi connectivity index (χ0) is 11.0. The fraction of sp³-hybridized carbons (Fsp3) is 0. The molecule has 0 atom stereocenters. The van der Waals surface area contributed by atoms with E-state index < -0.39 is 0 Å². The Labute approximate surface area is 96.6 Å². The van der Waals surface area contributed by atoms with Crippen LogP contribution in [0.25, 0.3) is 21.6 Å². The van der Waals surface area contributed by atoms with Crippen LogP contribution < -0.4 is 5.73 Å². The summed E-state index contributed by atoms with van der Waals surface area (Å²) in [5, 5.41) is 2.01. The monoisotopic (exact) mass is 227 g/mol. The summed E-state index contributed by atoms with van der Waals surface area (Å²) in [6.07, 6.45) is 0. The molecule has 1 aromatic carbocycles. The van der Waals surface area contributed by atoms with Gasteiger partial charge in [0.05, 0.1) is 15.9 Å². The number of thiophene rings is 1. The molecular formula is C12H9N3S. The summed E-state index contributed by atoms with van der Waals surface area (Å²) in [5.74, 6) is 0.487. The van der Waals surface area contributed by atoms with E-state index in [0.717, 1.165) is 21.6 Å². The Morgan fingerprint density at radius 2 is 1.69 bits per heavy atom. The minimum absolute atomic E-state index is 0.487. The third-order valence-electron chi connectivity index (χ3n) is 2.35. The topological polar surface area (TPSA) is 51.8 Å². The van der Waals surface area contributed by atoms with Gasteiger partial charge in [0.1, 0.15) is 5.69 Å². The first kappa shape index (κ1) is 9.30. The second-order valence-corrected chi connectivity index (χ2v) is 4.37. The van der Waals surface area contributed by atoms with Gasteiger partial charge in [0.25, 0.3) is 0 Å². The lowest BCUT2D eigenvalue weighted by atomic mass is 10.2. The van der Waals surface area contributed by atoms with E-state index in [1.807, 2.05) is 41.8 Å². The van der Waals surface area contributed by atoms with Gasteiger partial charge in [-0.3, -0.25) is 0 Å². The molecule has 4 heteroatoms. The van der Waals surface area contributed by atoms with E-state index >= 15 is 0 Å². The number of nitrogens with zero attached hydrogens (tertiary/aromatic N) is 2. The summed E-state index contributed by atoms with van der Waals surface area (Å²) >= 11 is 1.62. The number of nitrogen functional groups attached to an aromatic ring is 1. The van der Waals surface area contributed by atoms with Crippen molar-refractivity contribution in [1.29, 1.82) is 0 Å². The van der Waals surface area contributed by atoms with Crippen LogP contribution in [0.1, 0.15) is 0 Å². The molecule has 0 aliphatic carbocycles. The highest BCUT2D eigenvalue weighted by molar-refractivity contribution is 7.13. The standard InChI is InChI=1S/C12H9N3S/c13-12-11(10-6-3-7-16-10)14-8-4-1-2-5-9(8)15-12/h1-7H,(H2,13,15). The van der Waals surface area contributed by atoms with Gasteiger partial charge in [-0.25, -0.2) is 9.97 Å². The molecule has 2 heterocycles. The van der Waals surface area contributed by atoms with Crippen molar-refractivity contribution in [3.05, 3.63) is 41.8 Å². The molecule has 3 rings (SSSR count). The largest absolute Gasteiger partial charge is 0.382 e. The minimum Gasteiger partial charge on any atom is -0.382 e. The van der Waals surface area contributed by atoms with Gasteiger partial charge in [-0.2, -0.15) is 0 Å². The van der Waals surface area contributed by atoms with E-state index in [4.69, 9.17) is 5.73 Å². The molecule has 0 amide bonds. The molecule has 3 aromatic rings. The third kappa shape index (κ3) is 1.44. The minimum atomic E-state index is 0.487. The average molecular weight is 227 g/mol. The second-order valence-electron chi connectivity index (χ2n) is 3.42. The normalized spacial score (nSPS) is 10.8. The Morgan fingerprint density at radius 3 is 2.38 bits per heavy atom. The Bertz CT molecular complexity index is 632. The number of para-hydroxylation sites is 2. The molecule has 0 saturated heterocycles. The summed E-state index contributed by atoms with van der Waals surface area (Å²) in [7, 11) is 0. The van der Waals surface area contributed by atoms with E-state index in [-0.39, 0.29) is 0 Å². The van der Waals surface area contributed by atoms with E-state index in [1.165, 1.54) is 0 Å². The molecule has 0 radical (unpaired) electrons. The van der Waals surface area contributed by atoms with Crippen LogP contribution in [0.15, 0.2) is 41.8 Å². The lowest BCUT2D eigenvalue weighted by molar-refractivity contribution is 1.31. The highest BCUT2D eigenvalue weighted by atomic mass is 32.1. The van der Waals surface area contributed by atoms with Crippen LogP contribution in [-0.2, 0) is 0 Å². The number of fused-ring (bicyclic) bond motifs is 1. The molecule has 2 N–H and O–H groups in total. The first-order valence-corrected chi connectivity index (χ1v) is 5.79. The van der Waals surface area contributed by atoms with E-state index in [9.17, 15) is 0 Å². The lowest BCUT2D eigenvalue weighted by Crippen LogP contribution is -1.97. The maximum atomic E-state index is 5.91. The maximum absolute atomic E-state index is 5.91. The number of benzene rings is 1. The predicted octanol–water partition coefficient (Wildman–Crippen LogP) is 2.94. The predicted molar refractivity (Wildman–Crippen MR) is 67.3 cm³/mol. The molecule has 0 bridgehead atoms. The molecule has 3 nitrogen and oxygen atoms in total. The zero-order valence-corrected chi connectivity index (χ0v) is 9.24. The molecule has 16 heavy (non-hydrogen) atoms. The average Bonchev–Trinajstić information content (AvgIpc) is 2.81. The van der Waals surface area contributed by atoms with Crippen molar-refractivity contribution in [2.75, 3.05) is 5.73 Å². The second kappa shape index (κ2) is 3.57. The quantitative estimate of drug-likeness (QED) is 0.695. The van der Waals surface area contributed by atoms with Crippen LogP contribution in [0.2, 0.25) is 0 Å². The fourth-order valence-electron chi connectivity index (χ4n) is 1.61. The summed E-state index contributed by atoms with van der Waals surface area (Å²) in [4.78, 5) is 9.95. The lowest BCUT2D eigenvalue weighted by Gasteiger charge is -2.03. The number of aromatic nitrogens is 2. The fourth-order valence-corrected chi connectivity index (χ4v) is 2.33. The van der Waals surface area contributed by atoms with Crippen molar-refractivity contribution in [3.63, 3.8) is 0 Å². The summed E-state index contributed by atoms with van der Waals surface area (Å²) in [5.41, 5.74) is 8.39. The zero-order valence-electron chi connectivity index (χ0n) is 8.42. The first-order valence-electron chi connectivity index (χ1n) is 4.91. The van der Waals surface area contributed by atoms with Crippen molar-refractivity contribution in [3.8, 4) is 10.6 Å². The maximum Gasteiger partial charge on any atom is 0.151 e. The van der Waals surface area contributed by atoms with Crippen LogP contribution in [-0.4, -0.2) is 9.97 Å². The summed E-state index contributed by atoms with van der Waals surface area (Å²) in [6.45, 7) is 0. The molecule has 2 aromatic heterocycles. The summed E-state index contributed by atoms with van der Waals surface area (Å²) in [6, 6.07) is 11.7. The van der Waals surface area contributed by atoms with Crippen LogP contribution in [0.4, 0.5) is 5.82 Å². The third-order valence-corrected chi connectivity index (χ3v) is 3.23. The Hall–Kier alpha value is -1.94. The van der Waals surface area contributed by atoms with E-state index in [2.05, 4.69) is 9.97 Å². The molecule has 0 fully saturated rings. The van der Waals surface area contributed by atoms with Crippen molar-refractivity contribution in [2.45, 2.75) is 0 Å². The van der Waals surface area contributed by atoms with Gasteiger partial charge < -0.3 is 5.73 Å². The number of nitrogens with two attached hydrogens (primary N) is 1. The highest BCUT2D eigenvalue weighted by Crippen LogP contribution is 2.28.